The molecule has 0 radical (unpaired) electrons. The van der Waals surface area contributed by atoms with E-state index in [9.17, 15) is 32.3 Å². The molecule has 0 fully saturated rings. The largest absolute Gasteiger partial charge is 0.497 e. The first kappa shape index (κ1) is 35.0. The van der Waals surface area contributed by atoms with Crippen LogP contribution in [0, 0.1) is 0 Å². The van der Waals surface area contributed by atoms with Crippen molar-refractivity contribution < 1.29 is 37.1 Å². The van der Waals surface area contributed by atoms with Gasteiger partial charge >= 0.3 is 6.18 Å². The van der Waals surface area contributed by atoms with Crippen LogP contribution in [-0.4, -0.2) is 72.6 Å². The maximum Gasteiger partial charge on any atom is 0.435 e. The van der Waals surface area contributed by atoms with Crippen molar-refractivity contribution in [1.29, 1.82) is 0 Å². The molecule has 0 bridgehead atoms. The molecule has 49 heavy (non-hydrogen) atoms. The predicted molar refractivity (Wildman–Crippen MR) is 175 cm³/mol. The van der Waals surface area contributed by atoms with Crippen LogP contribution in [0.25, 0.3) is 5.69 Å². The molecule has 1 aliphatic heterocycles. The number of rotatable bonds is 10. The minimum Gasteiger partial charge on any atom is -0.497 e. The zero-order valence-corrected chi connectivity index (χ0v) is 27.5. The van der Waals surface area contributed by atoms with Gasteiger partial charge in [-0.2, -0.15) is 18.3 Å². The van der Waals surface area contributed by atoms with Gasteiger partial charge < -0.3 is 25.2 Å². The second kappa shape index (κ2) is 14.4. The van der Waals surface area contributed by atoms with Gasteiger partial charge in [-0.15, -0.1) is 0 Å². The van der Waals surface area contributed by atoms with Crippen LogP contribution in [0.3, 0.4) is 0 Å². The van der Waals surface area contributed by atoms with Crippen LogP contribution in [0.5, 0.6) is 5.75 Å². The lowest BCUT2D eigenvalue weighted by molar-refractivity contribution is -0.142. The van der Waals surface area contributed by atoms with Crippen molar-refractivity contribution in [1.82, 2.24) is 25.3 Å². The first-order valence-electron chi connectivity index (χ1n) is 15.1. The number of benzene rings is 3. The van der Waals surface area contributed by atoms with Crippen molar-refractivity contribution >= 4 is 40.9 Å². The minimum absolute atomic E-state index is 0.0718. The molecule has 0 atom stereocenters. The molecule has 4 aromatic rings. The van der Waals surface area contributed by atoms with E-state index in [1.54, 1.807) is 50.5 Å². The van der Waals surface area contributed by atoms with Crippen molar-refractivity contribution in [3.8, 4) is 11.4 Å². The van der Waals surface area contributed by atoms with Crippen LogP contribution >= 0.6 is 11.6 Å². The number of amides is 4. The normalized spacial score (nSPS) is 12.7. The summed E-state index contributed by atoms with van der Waals surface area (Å²) in [4.78, 5) is 54.9. The Kier molecular flexibility index (Phi) is 10.3. The molecule has 11 nitrogen and oxygen atoms in total. The number of carbonyl (C=O) groups is 4. The van der Waals surface area contributed by atoms with Crippen molar-refractivity contribution in [3.63, 3.8) is 0 Å². The zero-order valence-electron chi connectivity index (χ0n) is 26.7. The number of nitrogens with one attached hydrogen (secondary N) is 2. The topological polar surface area (TPSA) is 126 Å². The number of methoxy groups -OCH3 is 1. The summed E-state index contributed by atoms with van der Waals surface area (Å²) >= 11 is 5.89. The van der Waals surface area contributed by atoms with E-state index in [0.29, 0.717) is 16.3 Å². The third-order valence-electron chi connectivity index (χ3n) is 7.83. The van der Waals surface area contributed by atoms with Gasteiger partial charge in [0.05, 0.1) is 18.4 Å². The van der Waals surface area contributed by atoms with E-state index in [1.807, 2.05) is 0 Å². The molecule has 1 aliphatic rings. The highest BCUT2D eigenvalue weighted by atomic mass is 35.5. The van der Waals surface area contributed by atoms with Crippen LogP contribution in [0.4, 0.5) is 18.9 Å². The Hall–Kier alpha value is -5.37. The number of alkyl halides is 3. The Bertz CT molecular complexity index is 1890. The van der Waals surface area contributed by atoms with Gasteiger partial charge in [0.15, 0.2) is 5.69 Å². The van der Waals surface area contributed by atoms with E-state index in [2.05, 4.69) is 15.7 Å². The highest BCUT2D eigenvalue weighted by molar-refractivity contribution is 6.30. The summed E-state index contributed by atoms with van der Waals surface area (Å²) < 4.78 is 48.9. The molecule has 0 saturated carbocycles. The fraction of sp³-hybridized carbons (Fsp3) is 0.265. The second-order valence-corrected chi connectivity index (χ2v) is 11.8. The van der Waals surface area contributed by atoms with Gasteiger partial charge in [-0.25, -0.2) is 4.68 Å². The van der Waals surface area contributed by atoms with Crippen molar-refractivity contribution in [2.75, 3.05) is 39.2 Å². The molecule has 5 rings (SSSR count). The summed E-state index contributed by atoms with van der Waals surface area (Å²) in [5, 5.41) is 9.76. The molecule has 2 N–H and O–H groups in total. The van der Waals surface area contributed by atoms with Crippen molar-refractivity contribution in [3.05, 3.63) is 105 Å². The Labute approximate surface area is 284 Å². The van der Waals surface area contributed by atoms with Crippen LogP contribution in [-0.2, 0) is 23.9 Å². The van der Waals surface area contributed by atoms with Gasteiger partial charge in [0.1, 0.15) is 11.4 Å². The van der Waals surface area contributed by atoms with Gasteiger partial charge in [-0.1, -0.05) is 23.7 Å². The standard InChI is InChI=1S/C34H32ClF3N6O5/c1-42(2)32(47)21-6-10-23(11-7-21)43-17-15-25-29(33(43)48)44(41-30(25)34(36,37)38)27-13-12-24(49-3)18-26(27)31(46)39-16-14-28(45)40-19-20-4-8-22(35)9-5-20/h4-13,18H,14-17,19H2,1-3H3,(H,39,46)(H,40,45). The number of carbonyl (C=O) groups excluding carboxylic acids is 4. The lowest BCUT2D eigenvalue weighted by Crippen LogP contribution is -2.39. The molecule has 0 saturated heterocycles. The van der Waals surface area contributed by atoms with Gasteiger partial charge in [0.2, 0.25) is 5.91 Å². The fourth-order valence-corrected chi connectivity index (χ4v) is 5.46. The summed E-state index contributed by atoms with van der Waals surface area (Å²) in [5.41, 5.74) is -0.545. The summed E-state index contributed by atoms with van der Waals surface area (Å²) in [6.45, 7) is 0.0862. The van der Waals surface area contributed by atoms with Crippen LogP contribution in [0.15, 0.2) is 66.7 Å². The van der Waals surface area contributed by atoms with E-state index >= 15 is 0 Å². The lowest BCUT2D eigenvalue weighted by Gasteiger charge is -2.28. The smallest absolute Gasteiger partial charge is 0.435 e. The van der Waals surface area contributed by atoms with Gasteiger partial charge in [0, 0.05) is 62.0 Å². The number of fused-ring (bicyclic) bond motifs is 1. The number of ether oxygens (including phenoxy) is 1. The zero-order chi connectivity index (χ0) is 35.5. The van der Waals surface area contributed by atoms with Crippen LogP contribution in [0.2, 0.25) is 5.02 Å². The van der Waals surface area contributed by atoms with Crippen molar-refractivity contribution in [2.24, 2.45) is 0 Å². The second-order valence-electron chi connectivity index (χ2n) is 11.3. The number of aromatic nitrogens is 2. The van der Waals surface area contributed by atoms with Crippen LogP contribution in [0.1, 0.15) is 54.4 Å². The molecule has 3 aromatic carbocycles. The Morgan fingerprint density at radius 1 is 1.00 bits per heavy atom. The van der Waals surface area contributed by atoms with E-state index in [-0.39, 0.29) is 72.5 Å². The average molecular weight is 697 g/mol. The van der Waals surface area contributed by atoms with E-state index in [1.165, 1.54) is 47.2 Å². The summed E-state index contributed by atoms with van der Waals surface area (Å²) in [5.74, 6) is -1.86. The van der Waals surface area contributed by atoms with Crippen LogP contribution < -0.4 is 20.3 Å². The first-order chi connectivity index (χ1) is 23.3. The highest BCUT2D eigenvalue weighted by Crippen LogP contribution is 2.38. The third kappa shape index (κ3) is 7.70. The molecular formula is C34H32ClF3N6O5. The number of hydrogen-bond donors (Lipinski definition) is 2. The predicted octanol–water partition coefficient (Wildman–Crippen LogP) is 4.89. The van der Waals surface area contributed by atoms with E-state index < -0.39 is 23.7 Å². The Morgan fingerprint density at radius 2 is 1.69 bits per heavy atom. The van der Waals surface area contributed by atoms with E-state index in [0.717, 1.165) is 10.2 Å². The number of nitrogens with zero attached hydrogens (tertiary/aromatic N) is 4. The summed E-state index contributed by atoms with van der Waals surface area (Å²) in [7, 11) is 4.55. The first-order valence-corrected chi connectivity index (χ1v) is 15.5. The average Bonchev–Trinajstić information content (AvgIpc) is 3.49. The third-order valence-corrected chi connectivity index (χ3v) is 8.09. The molecule has 0 aliphatic carbocycles. The quantitative estimate of drug-likeness (QED) is 0.243. The summed E-state index contributed by atoms with van der Waals surface area (Å²) in [6.07, 6.45) is -5.14. The molecule has 15 heteroatoms. The highest BCUT2D eigenvalue weighted by Gasteiger charge is 2.43. The fourth-order valence-electron chi connectivity index (χ4n) is 5.34. The number of hydrogen-bond acceptors (Lipinski definition) is 6. The molecule has 2 heterocycles. The SMILES string of the molecule is COc1ccc(-n2nc(C(F)(F)F)c3c2C(=O)N(c2ccc(C(=O)N(C)C)cc2)CC3)c(C(=O)NCCC(=O)NCc2ccc(Cl)cc2)c1. The molecule has 0 unspecified atom stereocenters. The maximum atomic E-state index is 14.3. The Morgan fingerprint density at radius 3 is 2.33 bits per heavy atom. The summed E-state index contributed by atoms with van der Waals surface area (Å²) in [6, 6.07) is 17.2. The van der Waals surface area contributed by atoms with Gasteiger partial charge in [-0.3, -0.25) is 19.2 Å². The lowest BCUT2D eigenvalue weighted by atomic mass is 10.0. The molecule has 1 aromatic heterocycles. The monoisotopic (exact) mass is 696 g/mol. The van der Waals surface area contributed by atoms with E-state index in [4.69, 9.17) is 16.3 Å². The molecule has 256 valence electrons. The molecular weight excluding hydrogens is 665 g/mol. The van der Waals surface area contributed by atoms with Gasteiger partial charge in [-0.05, 0) is 66.6 Å². The minimum atomic E-state index is -4.89. The Balaban J connectivity index is 1.42. The number of halogens is 4. The number of anilines is 1. The van der Waals surface area contributed by atoms with Crippen molar-refractivity contribution in [2.45, 2.75) is 25.6 Å². The maximum absolute atomic E-state index is 14.3. The van der Waals surface area contributed by atoms with Gasteiger partial charge in [0.25, 0.3) is 17.7 Å². The molecule has 4 amide bonds. The molecule has 0 spiro atoms.